The van der Waals surface area contributed by atoms with Crippen LogP contribution in [0, 0.1) is 0 Å². The van der Waals surface area contributed by atoms with Crippen LogP contribution >= 0.6 is 15.9 Å². The quantitative estimate of drug-likeness (QED) is 0.579. The highest BCUT2D eigenvalue weighted by Crippen LogP contribution is 2.29. The smallest absolute Gasteiger partial charge is 0.413 e. The number of hydrogen-bond acceptors (Lipinski definition) is 3. The Labute approximate surface area is 117 Å². The summed E-state index contributed by atoms with van der Waals surface area (Å²) in [6.45, 7) is 9.82. The normalized spacial score (nSPS) is 23.7. The van der Waals surface area contributed by atoms with Crippen LogP contribution in [-0.2, 0) is 9.47 Å². The van der Waals surface area contributed by atoms with E-state index in [1.54, 1.807) is 4.90 Å². The SMILES string of the molecule is CC(C)(C)OC(=O)N1[C@@H](/C=C/CBr)COC1(C)C. The van der Waals surface area contributed by atoms with Gasteiger partial charge in [-0.25, -0.2) is 4.79 Å². The van der Waals surface area contributed by atoms with E-state index in [4.69, 9.17) is 9.47 Å². The molecule has 1 amide bonds. The number of halogens is 1. The summed E-state index contributed by atoms with van der Waals surface area (Å²) in [6.07, 6.45) is 3.59. The van der Waals surface area contributed by atoms with Gasteiger partial charge in [0, 0.05) is 5.33 Å². The molecule has 1 heterocycles. The van der Waals surface area contributed by atoms with E-state index in [9.17, 15) is 4.79 Å². The summed E-state index contributed by atoms with van der Waals surface area (Å²) in [5, 5.41) is 0.756. The molecule has 1 saturated heterocycles. The fourth-order valence-corrected chi connectivity index (χ4v) is 2.07. The Morgan fingerprint density at radius 3 is 2.67 bits per heavy atom. The van der Waals surface area contributed by atoms with Gasteiger partial charge in [-0.15, -0.1) is 0 Å². The lowest BCUT2D eigenvalue weighted by Crippen LogP contribution is -2.49. The van der Waals surface area contributed by atoms with E-state index in [2.05, 4.69) is 15.9 Å². The maximum atomic E-state index is 12.2. The Bertz CT molecular complexity index is 334. The second kappa shape index (κ2) is 5.61. The van der Waals surface area contributed by atoms with Gasteiger partial charge in [0.25, 0.3) is 0 Å². The highest BCUT2D eigenvalue weighted by molar-refractivity contribution is 9.09. The van der Waals surface area contributed by atoms with Gasteiger partial charge in [-0.2, -0.15) is 0 Å². The van der Waals surface area contributed by atoms with Gasteiger partial charge in [-0.05, 0) is 34.6 Å². The number of allylic oxidation sites excluding steroid dienone is 1. The van der Waals surface area contributed by atoms with Crippen LogP contribution in [0.4, 0.5) is 4.79 Å². The molecule has 0 N–H and O–H groups in total. The molecule has 0 unspecified atom stereocenters. The zero-order valence-corrected chi connectivity index (χ0v) is 13.3. The zero-order chi connectivity index (χ0) is 14.0. The van der Waals surface area contributed by atoms with Gasteiger partial charge in [0.05, 0.1) is 12.6 Å². The molecule has 1 aliphatic rings. The molecular weight excluding hydrogens is 298 g/mol. The van der Waals surface area contributed by atoms with Crippen LogP contribution in [0.5, 0.6) is 0 Å². The molecule has 0 aromatic heterocycles. The molecule has 1 rings (SSSR count). The Kier molecular flexibility index (Phi) is 4.84. The van der Waals surface area contributed by atoms with Gasteiger partial charge in [0.1, 0.15) is 11.3 Å². The van der Waals surface area contributed by atoms with E-state index >= 15 is 0 Å². The summed E-state index contributed by atoms with van der Waals surface area (Å²) >= 11 is 3.33. The third kappa shape index (κ3) is 3.99. The lowest BCUT2D eigenvalue weighted by molar-refractivity contribution is -0.0610. The van der Waals surface area contributed by atoms with Crippen LogP contribution in [0.1, 0.15) is 34.6 Å². The van der Waals surface area contributed by atoms with Crippen molar-refractivity contribution in [3.05, 3.63) is 12.2 Å². The molecular formula is C13H22BrNO3. The topological polar surface area (TPSA) is 38.8 Å². The molecule has 1 aliphatic heterocycles. The molecule has 1 atom stereocenters. The van der Waals surface area contributed by atoms with Crippen LogP contribution in [0.15, 0.2) is 12.2 Å². The lowest BCUT2D eigenvalue weighted by atomic mass is 10.2. The van der Waals surface area contributed by atoms with E-state index in [-0.39, 0.29) is 12.1 Å². The van der Waals surface area contributed by atoms with Gasteiger partial charge in [0.15, 0.2) is 0 Å². The Hall–Kier alpha value is -0.550. The van der Waals surface area contributed by atoms with Gasteiger partial charge >= 0.3 is 6.09 Å². The van der Waals surface area contributed by atoms with Crippen LogP contribution in [0.25, 0.3) is 0 Å². The molecule has 0 aliphatic carbocycles. The van der Waals surface area contributed by atoms with Crippen LogP contribution in [0.3, 0.4) is 0 Å². The van der Waals surface area contributed by atoms with E-state index in [1.807, 2.05) is 46.8 Å². The van der Waals surface area contributed by atoms with Gasteiger partial charge in [0.2, 0.25) is 0 Å². The highest BCUT2D eigenvalue weighted by Gasteiger charge is 2.44. The van der Waals surface area contributed by atoms with Gasteiger partial charge in [-0.1, -0.05) is 28.1 Å². The fraction of sp³-hybridized carbons (Fsp3) is 0.769. The molecule has 4 nitrogen and oxygen atoms in total. The standard InChI is InChI=1S/C13H22BrNO3/c1-12(2,3)18-11(16)15-10(7-6-8-14)9-17-13(15,4)5/h6-7,10H,8-9H2,1-5H3/b7-6+/t10-/m0/s1. The third-order valence-electron chi connectivity index (χ3n) is 2.56. The van der Waals surface area contributed by atoms with Crippen molar-refractivity contribution in [3.8, 4) is 0 Å². The number of carbonyl (C=O) groups excluding carboxylic acids is 1. The molecule has 0 spiro atoms. The average Bonchev–Trinajstić information content (AvgIpc) is 2.48. The molecule has 18 heavy (non-hydrogen) atoms. The van der Waals surface area contributed by atoms with Crippen molar-refractivity contribution in [1.29, 1.82) is 0 Å². The monoisotopic (exact) mass is 319 g/mol. The number of carbonyl (C=O) groups is 1. The second-order valence-electron chi connectivity index (χ2n) is 5.76. The van der Waals surface area contributed by atoms with Crippen molar-refractivity contribution >= 4 is 22.0 Å². The van der Waals surface area contributed by atoms with E-state index in [0.29, 0.717) is 6.61 Å². The van der Waals surface area contributed by atoms with E-state index in [1.165, 1.54) is 0 Å². The first kappa shape index (κ1) is 15.5. The summed E-state index contributed by atoms with van der Waals surface area (Å²) in [6, 6.07) is -0.0765. The molecule has 0 radical (unpaired) electrons. The second-order valence-corrected chi connectivity index (χ2v) is 6.41. The number of amides is 1. The minimum atomic E-state index is -0.635. The summed E-state index contributed by atoms with van der Waals surface area (Å²) in [5.41, 5.74) is -1.14. The van der Waals surface area contributed by atoms with E-state index < -0.39 is 11.3 Å². The molecule has 0 aromatic carbocycles. The first-order valence-electron chi connectivity index (χ1n) is 6.06. The molecule has 0 bridgehead atoms. The van der Waals surface area contributed by atoms with Gasteiger partial charge < -0.3 is 9.47 Å². The minimum Gasteiger partial charge on any atom is -0.444 e. The Morgan fingerprint density at radius 2 is 2.17 bits per heavy atom. The molecule has 104 valence electrons. The largest absolute Gasteiger partial charge is 0.444 e. The summed E-state index contributed by atoms with van der Waals surface area (Å²) in [5.74, 6) is 0. The lowest BCUT2D eigenvalue weighted by Gasteiger charge is -2.34. The highest BCUT2D eigenvalue weighted by atomic mass is 79.9. The first-order valence-corrected chi connectivity index (χ1v) is 7.18. The first-order chi connectivity index (χ1) is 8.17. The number of alkyl halides is 1. The molecule has 0 saturated carbocycles. The number of hydrogen-bond donors (Lipinski definition) is 0. The summed E-state index contributed by atoms with van der Waals surface area (Å²) < 4.78 is 11.1. The van der Waals surface area contributed by atoms with Crippen molar-refractivity contribution in [2.24, 2.45) is 0 Å². The summed E-state index contributed by atoms with van der Waals surface area (Å²) in [4.78, 5) is 13.9. The predicted molar refractivity (Wildman–Crippen MR) is 74.8 cm³/mol. The van der Waals surface area contributed by atoms with Crippen molar-refractivity contribution in [1.82, 2.24) is 4.90 Å². The van der Waals surface area contributed by atoms with Crippen molar-refractivity contribution in [2.75, 3.05) is 11.9 Å². The number of nitrogens with zero attached hydrogens (tertiary/aromatic N) is 1. The van der Waals surface area contributed by atoms with Gasteiger partial charge in [-0.3, -0.25) is 4.90 Å². The zero-order valence-electron chi connectivity index (χ0n) is 11.7. The van der Waals surface area contributed by atoms with E-state index in [0.717, 1.165) is 5.33 Å². The fourth-order valence-electron chi connectivity index (χ4n) is 1.85. The third-order valence-corrected chi connectivity index (χ3v) is 2.93. The Balaban J connectivity index is 2.85. The number of ether oxygens (including phenoxy) is 2. The van der Waals surface area contributed by atoms with Crippen LogP contribution in [0.2, 0.25) is 0 Å². The van der Waals surface area contributed by atoms with Crippen LogP contribution in [-0.4, -0.2) is 40.3 Å². The summed E-state index contributed by atoms with van der Waals surface area (Å²) in [7, 11) is 0. The van der Waals surface area contributed by atoms with Crippen molar-refractivity contribution < 1.29 is 14.3 Å². The van der Waals surface area contributed by atoms with Crippen molar-refractivity contribution in [3.63, 3.8) is 0 Å². The maximum Gasteiger partial charge on any atom is 0.413 e. The van der Waals surface area contributed by atoms with Crippen LogP contribution < -0.4 is 0 Å². The van der Waals surface area contributed by atoms with Crippen molar-refractivity contribution in [2.45, 2.75) is 52.0 Å². The Morgan fingerprint density at radius 1 is 1.56 bits per heavy atom. The predicted octanol–water partition coefficient (Wildman–Crippen LogP) is 3.31. The minimum absolute atomic E-state index is 0.0765. The molecule has 5 heteroatoms. The molecule has 0 aromatic rings. The maximum absolute atomic E-state index is 12.2. The average molecular weight is 320 g/mol. The number of rotatable bonds is 2. The molecule has 1 fully saturated rings.